The van der Waals surface area contributed by atoms with Crippen LogP contribution < -0.4 is 0 Å². The number of nitrogens with zero attached hydrogens (tertiary/aromatic N) is 3. The topological polar surface area (TPSA) is 73.3 Å². The van der Waals surface area contributed by atoms with Crippen LogP contribution in [0.4, 0.5) is 4.79 Å². The van der Waals surface area contributed by atoms with E-state index in [1.807, 2.05) is 97.1 Å². The van der Waals surface area contributed by atoms with Gasteiger partial charge in [-0.1, -0.05) is 121 Å². The highest BCUT2D eigenvalue weighted by Crippen LogP contribution is 2.30. The van der Waals surface area contributed by atoms with Crippen molar-refractivity contribution in [2.45, 2.75) is 44.3 Å². The van der Waals surface area contributed by atoms with Crippen molar-refractivity contribution in [2.75, 3.05) is 20.1 Å². The zero-order chi connectivity index (χ0) is 30.0. The largest absolute Gasteiger partial charge is 0.445 e. The molecule has 3 atom stereocenters. The molecule has 7 nitrogen and oxygen atoms in total. The number of ether oxygens (including phenoxy) is 1. The fourth-order valence-corrected chi connectivity index (χ4v) is 5.67. The van der Waals surface area contributed by atoms with Gasteiger partial charge in [0, 0.05) is 39.3 Å². The molecule has 1 aliphatic rings. The number of rotatable bonds is 11. The molecule has 0 saturated carbocycles. The minimum Gasteiger partial charge on any atom is -0.445 e. The Morgan fingerprint density at radius 3 is 1.81 bits per heavy atom. The van der Waals surface area contributed by atoms with Crippen LogP contribution in [0.25, 0.3) is 0 Å². The highest BCUT2D eigenvalue weighted by molar-refractivity contribution is 5.86. The first kappa shape index (κ1) is 30.0. The Balaban J connectivity index is 1.48. The monoisotopic (exact) mass is 577 g/mol. The van der Waals surface area contributed by atoms with Gasteiger partial charge in [0.1, 0.15) is 12.6 Å². The van der Waals surface area contributed by atoms with E-state index in [-0.39, 0.29) is 18.9 Å². The van der Waals surface area contributed by atoms with Gasteiger partial charge in [0.25, 0.3) is 0 Å². The summed E-state index contributed by atoms with van der Waals surface area (Å²) in [4.78, 5) is 32.6. The smallest absolute Gasteiger partial charge is 0.410 e. The van der Waals surface area contributed by atoms with E-state index in [0.29, 0.717) is 26.2 Å². The highest BCUT2D eigenvalue weighted by atomic mass is 16.6. The molecule has 0 aromatic heterocycles. The third-order valence-corrected chi connectivity index (χ3v) is 8.05. The lowest BCUT2D eigenvalue weighted by molar-refractivity contribution is -0.141. The van der Waals surface area contributed by atoms with Crippen LogP contribution in [-0.4, -0.2) is 64.0 Å². The lowest BCUT2D eigenvalue weighted by Crippen LogP contribution is -2.59. The van der Waals surface area contributed by atoms with Crippen LogP contribution in [0, 0.1) is 0 Å². The quantitative estimate of drug-likeness (QED) is 0.249. The molecule has 1 fully saturated rings. The van der Waals surface area contributed by atoms with Crippen LogP contribution in [0.2, 0.25) is 0 Å². The maximum absolute atomic E-state index is 13.7. The van der Waals surface area contributed by atoms with Crippen LogP contribution in [-0.2, 0) is 29.2 Å². The molecule has 0 radical (unpaired) electrons. The van der Waals surface area contributed by atoms with Gasteiger partial charge in [-0.25, -0.2) is 4.79 Å². The molecule has 1 N–H and O–H groups in total. The van der Waals surface area contributed by atoms with Crippen LogP contribution in [0.15, 0.2) is 121 Å². The molecule has 7 heteroatoms. The fourth-order valence-electron chi connectivity index (χ4n) is 5.67. The maximum atomic E-state index is 13.7. The van der Waals surface area contributed by atoms with E-state index >= 15 is 0 Å². The van der Waals surface area contributed by atoms with Crippen molar-refractivity contribution in [1.29, 1.82) is 0 Å². The molecular formula is C36H39N3O4. The van der Waals surface area contributed by atoms with E-state index in [9.17, 15) is 14.7 Å². The number of piperazine rings is 1. The summed E-state index contributed by atoms with van der Waals surface area (Å²) in [5.74, 6) is -0.160. The minimum atomic E-state index is -0.907. The van der Waals surface area contributed by atoms with E-state index in [1.165, 1.54) is 0 Å². The minimum absolute atomic E-state index is 0.122. The zero-order valence-corrected chi connectivity index (χ0v) is 24.5. The van der Waals surface area contributed by atoms with Gasteiger partial charge in [-0.05, 0) is 28.7 Å². The van der Waals surface area contributed by atoms with Crippen molar-refractivity contribution >= 4 is 12.0 Å². The van der Waals surface area contributed by atoms with E-state index < -0.39 is 24.3 Å². The first-order chi connectivity index (χ1) is 21.0. The zero-order valence-electron chi connectivity index (χ0n) is 24.5. The molecule has 5 rings (SSSR count). The second-order valence-corrected chi connectivity index (χ2v) is 11.0. The third kappa shape index (κ3) is 7.89. The summed E-state index contributed by atoms with van der Waals surface area (Å²) in [5, 5.41) is 12.0. The van der Waals surface area contributed by atoms with Crippen LogP contribution in [0.5, 0.6) is 0 Å². The summed E-state index contributed by atoms with van der Waals surface area (Å²) in [6, 6.07) is 38.0. The van der Waals surface area contributed by atoms with Gasteiger partial charge in [-0.3, -0.25) is 14.6 Å². The molecule has 1 heterocycles. The number of benzene rings is 4. The van der Waals surface area contributed by atoms with Crippen molar-refractivity contribution in [3.8, 4) is 0 Å². The normalized spacial score (nSPS) is 16.6. The Bertz CT molecular complexity index is 1400. The predicted molar refractivity (Wildman–Crippen MR) is 167 cm³/mol. The number of carbonyl (C=O) groups excluding carboxylic acids is 2. The van der Waals surface area contributed by atoms with Crippen molar-refractivity contribution in [3.05, 3.63) is 144 Å². The Hall–Kier alpha value is -4.46. The van der Waals surface area contributed by atoms with Crippen molar-refractivity contribution in [3.63, 3.8) is 0 Å². The Morgan fingerprint density at radius 1 is 0.791 bits per heavy atom. The average Bonchev–Trinajstić information content (AvgIpc) is 3.05. The van der Waals surface area contributed by atoms with Gasteiger partial charge in [0.2, 0.25) is 5.91 Å². The molecule has 1 saturated heterocycles. The Morgan fingerprint density at radius 2 is 1.28 bits per heavy atom. The summed E-state index contributed by atoms with van der Waals surface area (Å²) < 4.78 is 5.70. The number of amides is 2. The number of aliphatic hydroxyl groups is 1. The molecular weight excluding hydrogens is 538 g/mol. The average molecular weight is 578 g/mol. The maximum Gasteiger partial charge on any atom is 0.410 e. The predicted octanol–water partition coefficient (Wildman–Crippen LogP) is 5.66. The molecule has 0 aliphatic carbocycles. The lowest BCUT2D eigenvalue weighted by Gasteiger charge is -2.43. The summed E-state index contributed by atoms with van der Waals surface area (Å²) in [6.07, 6.45) is -1.20. The molecule has 4 aromatic rings. The molecule has 4 aromatic carbocycles. The molecule has 43 heavy (non-hydrogen) atoms. The molecule has 3 unspecified atom stereocenters. The molecule has 222 valence electrons. The van der Waals surface area contributed by atoms with Crippen LogP contribution in [0.1, 0.15) is 34.8 Å². The SMILES string of the molecule is CN1CCN(C(=O)OCc2ccccc2)C(CC(C(O)c2ccccc2)N(Cc2ccccc2)Cc2ccccc2)C1=O. The molecule has 2 amide bonds. The van der Waals surface area contributed by atoms with Crippen molar-refractivity contribution in [2.24, 2.45) is 0 Å². The van der Waals surface area contributed by atoms with Gasteiger partial charge in [-0.15, -0.1) is 0 Å². The van der Waals surface area contributed by atoms with Gasteiger partial charge >= 0.3 is 6.09 Å². The van der Waals surface area contributed by atoms with Crippen molar-refractivity contribution in [1.82, 2.24) is 14.7 Å². The summed E-state index contributed by atoms with van der Waals surface area (Å²) in [6.45, 7) is 2.00. The highest BCUT2D eigenvalue weighted by Gasteiger charge is 2.41. The van der Waals surface area contributed by atoms with Crippen LogP contribution >= 0.6 is 0 Å². The number of hydrogen-bond acceptors (Lipinski definition) is 5. The second-order valence-electron chi connectivity index (χ2n) is 11.0. The number of hydrogen-bond donors (Lipinski definition) is 1. The molecule has 1 aliphatic heterocycles. The van der Waals surface area contributed by atoms with Crippen LogP contribution in [0.3, 0.4) is 0 Å². The van der Waals surface area contributed by atoms with E-state index in [1.54, 1.807) is 16.8 Å². The standard InChI is InChI=1S/C36H39N3O4/c1-37-22-23-39(36(42)43-27-30-18-10-4-11-19-30)33(35(37)41)24-32(34(40)31-20-12-5-13-21-31)38(25-28-14-6-2-7-15-28)26-29-16-8-3-9-17-29/h2-21,32-34,40H,22-27H2,1H3. The van der Waals surface area contributed by atoms with E-state index in [0.717, 1.165) is 22.3 Å². The van der Waals surface area contributed by atoms with E-state index in [2.05, 4.69) is 29.2 Å². The fraction of sp³-hybridized carbons (Fsp3) is 0.278. The van der Waals surface area contributed by atoms with Crippen molar-refractivity contribution < 1.29 is 19.4 Å². The van der Waals surface area contributed by atoms with Gasteiger partial charge in [-0.2, -0.15) is 0 Å². The lowest BCUT2D eigenvalue weighted by atomic mass is 9.92. The summed E-state index contributed by atoms with van der Waals surface area (Å²) in [5.41, 5.74) is 3.82. The number of aliphatic hydroxyl groups excluding tert-OH is 1. The van der Waals surface area contributed by atoms with Gasteiger partial charge < -0.3 is 14.7 Å². The molecule has 0 spiro atoms. The first-order valence-corrected chi connectivity index (χ1v) is 14.8. The van der Waals surface area contributed by atoms with E-state index in [4.69, 9.17) is 4.74 Å². The number of carbonyl (C=O) groups is 2. The first-order valence-electron chi connectivity index (χ1n) is 14.8. The van der Waals surface area contributed by atoms with Gasteiger partial charge in [0.15, 0.2) is 0 Å². The number of likely N-dealkylation sites (N-methyl/N-ethyl adjacent to an activating group) is 1. The van der Waals surface area contributed by atoms with Gasteiger partial charge in [0.05, 0.1) is 6.10 Å². The summed E-state index contributed by atoms with van der Waals surface area (Å²) >= 11 is 0. The Labute approximate surface area is 253 Å². The summed E-state index contributed by atoms with van der Waals surface area (Å²) in [7, 11) is 1.76. The Kier molecular flexibility index (Phi) is 10.2. The molecule has 0 bridgehead atoms. The second kappa shape index (κ2) is 14.6. The third-order valence-electron chi connectivity index (χ3n) is 8.05.